The molecule has 0 heterocycles. The summed E-state index contributed by atoms with van der Waals surface area (Å²) >= 11 is 0. The summed E-state index contributed by atoms with van der Waals surface area (Å²) in [5.41, 5.74) is 9.77. The Morgan fingerprint density at radius 1 is 1.20 bits per heavy atom. The van der Waals surface area contributed by atoms with Crippen LogP contribution in [0, 0.1) is 6.92 Å². The summed E-state index contributed by atoms with van der Waals surface area (Å²) in [7, 11) is 0. The minimum absolute atomic E-state index is 0.533. The van der Waals surface area contributed by atoms with E-state index in [1.54, 1.807) is 0 Å². The molecule has 3 heteroatoms. The summed E-state index contributed by atoms with van der Waals surface area (Å²) in [5, 5.41) is 11.1. The first kappa shape index (κ1) is 10.1. The molecule has 2 aromatic rings. The third-order valence-electron chi connectivity index (χ3n) is 2.61. The highest BCUT2D eigenvalue weighted by atomic mass is 16.5. The number of benzene rings is 2. The summed E-state index contributed by atoms with van der Waals surface area (Å²) in [6, 6.07) is 12.2. The Balaban J connectivity index is 2.61. The first-order valence-electron chi connectivity index (χ1n) is 4.87. The maximum absolute atomic E-state index is 8.81. The summed E-state index contributed by atoms with van der Waals surface area (Å²) in [5.74, 6) is 0. The monoisotopic (exact) mass is 202 g/mol. The Bertz CT molecular complexity index is 482. The highest BCUT2D eigenvalue weighted by Gasteiger charge is 2.08. The molecule has 1 atom stereocenters. The number of aryl methyl sites for hydroxylation is 1. The highest BCUT2D eigenvalue weighted by molar-refractivity contribution is 5.84. The quantitative estimate of drug-likeness (QED) is 0.516. The second kappa shape index (κ2) is 3.98. The topological polar surface area (TPSA) is 58.3 Å². The summed E-state index contributed by atoms with van der Waals surface area (Å²) in [6.07, 6.45) is -0.533. The predicted octanol–water partition coefficient (Wildman–Crippen LogP) is 2.08. The van der Waals surface area contributed by atoms with Crippen LogP contribution in [0.2, 0.25) is 0 Å². The SMILES string of the molecule is Cc1cc2ccccc2cc1C(N)NO. The van der Waals surface area contributed by atoms with E-state index in [2.05, 4.69) is 17.6 Å². The summed E-state index contributed by atoms with van der Waals surface area (Å²) < 4.78 is 0. The van der Waals surface area contributed by atoms with E-state index in [4.69, 9.17) is 10.9 Å². The fourth-order valence-corrected chi connectivity index (χ4v) is 1.78. The van der Waals surface area contributed by atoms with Crippen molar-refractivity contribution in [2.75, 3.05) is 0 Å². The summed E-state index contributed by atoms with van der Waals surface area (Å²) in [6.45, 7) is 1.99. The normalized spacial score (nSPS) is 13.0. The maximum Gasteiger partial charge on any atom is 0.104 e. The van der Waals surface area contributed by atoms with Gasteiger partial charge in [0.1, 0.15) is 6.17 Å². The van der Waals surface area contributed by atoms with E-state index < -0.39 is 6.17 Å². The van der Waals surface area contributed by atoms with Crippen LogP contribution in [0.3, 0.4) is 0 Å². The van der Waals surface area contributed by atoms with E-state index >= 15 is 0 Å². The van der Waals surface area contributed by atoms with Crippen LogP contribution in [-0.4, -0.2) is 5.21 Å². The molecule has 4 N–H and O–H groups in total. The molecule has 0 saturated heterocycles. The van der Waals surface area contributed by atoms with Crippen LogP contribution < -0.4 is 11.2 Å². The lowest BCUT2D eigenvalue weighted by Gasteiger charge is -2.13. The number of nitrogens with one attached hydrogen (secondary N) is 1. The van der Waals surface area contributed by atoms with Gasteiger partial charge in [-0.15, -0.1) is 0 Å². The third kappa shape index (κ3) is 1.85. The minimum atomic E-state index is -0.533. The second-order valence-electron chi connectivity index (χ2n) is 3.66. The van der Waals surface area contributed by atoms with Gasteiger partial charge in [0.05, 0.1) is 0 Å². The Labute approximate surface area is 88.5 Å². The van der Waals surface area contributed by atoms with Crippen LogP contribution >= 0.6 is 0 Å². The van der Waals surface area contributed by atoms with Gasteiger partial charge < -0.3 is 10.9 Å². The number of nitrogens with two attached hydrogens (primary N) is 1. The molecule has 0 aliphatic heterocycles. The fourth-order valence-electron chi connectivity index (χ4n) is 1.78. The van der Waals surface area contributed by atoms with Crippen molar-refractivity contribution >= 4 is 10.8 Å². The zero-order chi connectivity index (χ0) is 10.8. The van der Waals surface area contributed by atoms with Gasteiger partial charge in [0.2, 0.25) is 0 Å². The van der Waals surface area contributed by atoms with Crippen molar-refractivity contribution in [1.82, 2.24) is 5.48 Å². The summed E-state index contributed by atoms with van der Waals surface area (Å²) in [4.78, 5) is 0. The van der Waals surface area contributed by atoms with Gasteiger partial charge in [0.25, 0.3) is 0 Å². The molecule has 0 saturated carbocycles. The van der Waals surface area contributed by atoms with Crippen molar-refractivity contribution in [2.24, 2.45) is 5.73 Å². The van der Waals surface area contributed by atoms with Gasteiger partial charge in [-0.25, -0.2) is 0 Å². The lowest BCUT2D eigenvalue weighted by Crippen LogP contribution is -2.26. The molecule has 2 aromatic carbocycles. The van der Waals surface area contributed by atoms with Crippen molar-refractivity contribution < 1.29 is 5.21 Å². The first-order chi connectivity index (χ1) is 7.22. The highest BCUT2D eigenvalue weighted by Crippen LogP contribution is 2.22. The lowest BCUT2D eigenvalue weighted by molar-refractivity contribution is 0.128. The van der Waals surface area contributed by atoms with Crippen LogP contribution in [-0.2, 0) is 0 Å². The Morgan fingerprint density at radius 3 is 2.40 bits per heavy atom. The lowest BCUT2D eigenvalue weighted by atomic mass is 10.0. The average molecular weight is 202 g/mol. The van der Waals surface area contributed by atoms with E-state index in [0.29, 0.717) is 0 Å². The average Bonchev–Trinajstić information content (AvgIpc) is 2.27. The number of hydroxylamine groups is 1. The number of hydrogen-bond donors (Lipinski definition) is 3. The van der Waals surface area contributed by atoms with Gasteiger partial charge in [0.15, 0.2) is 0 Å². The van der Waals surface area contributed by atoms with E-state index in [1.807, 2.05) is 31.2 Å². The molecule has 15 heavy (non-hydrogen) atoms. The molecule has 78 valence electrons. The van der Waals surface area contributed by atoms with Gasteiger partial charge in [-0.1, -0.05) is 30.3 Å². The molecule has 0 aromatic heterocycles. The van der Waals surface area contributed by atoms with Crippen molar-refractivity contribution in [2.45, 2.75) is 13.1 Å². The minimum Gasteiger partial charge on any atom is -0.315 e. The standard InChI is InChI=1S/C12H14N2O/c1-8-6-9-4-2-3-5-10(9)7-11(8)12(13)14-15/h2-7,12,14-15H,13H2,1H3. The van der Waals surface area contributed by atoms with Gasteiger partial charge >= 0.3 is 0 Å². The van der Waals surface area contributed by atoms with E-state index in [1.165, 1.54) is 5.39 Å². The smallest absolute Gasteiger partial charge is 0.104 e. The van der Waals surface area contributed by atoms with Crippen molar-refractivity contribution in [3.63, 3.8) is 0 Å². The van der Waals surface area contributed by atoms with Gasteiger partial charge in [-0.2, -0.15) is 5.48 Å². The molecule has 0 radical (unpaired) electrons. The first-order valence-corrected chi connectivity index (χ1v) is 4.87. The second-order valence-corrected chi connectivity index (χ2v) is 3.66. The molecule has 2 rings (SSSR count). The van der Waals surface area contributed by atoms with Gasteiger partial charge in [0, 0.05) is 0 Å². The van der Waals surface area contributed by atoms with Crippen LogP contribution in [0.1, 0.15) is 17.3 Å². The molecule has 0 amide bonds. The molecule has 0 fully saturated rings. The van der Waals surface area contributed by atoms with E-state index in [9.17, 15) is 0 Å². The molecule has 0 aliphatic carbocycles. The van der Waals surface area contributed by atoms with E-state index in [-0.39, 0.29) is 0 Å². The molecule has 3 nitrogen and oxygen atoms in total. The molecular weight excluding hydrogens is 188 g/mol. The maximum atomic E-state index is 8.81. The number of rotatable bonds is 2. The van der Waals surface area contributed by atoms with Crippen molar-refractivity contribution in [3.05, 3.63) is 47.5 Å². The predicted molar refractivity (Wildman–Crippen MR) is 60.5 cm³/mol. The largest absolute Gasteiger partial charge is 0.315 e. The molecular formula is C12H14N2O. The Kier molecular flexibility index (Phi) is 2.68. The Hall–Kier alpha value is -1.42. The third-order valence-corrected chi connectivity index (χ3v) is 2.61. The fraction of sp³-hybridized carbons (Fsp3) is 0.167. The van der Waals surface area contributed by atoms with Crippen molar-refractivity contribution in [3.8, 4) is 0 Å². The zero-order valence-electron chi connectivity index (χ0n) is 8.57. The number of hydrogen-bond acceptors (Lipinski definition) is 3. The molecule has 1 unspecified atom stereocenters. The van der Waals surface area contributed by atoms with Crippen molar-refractivity contribution in [1.29, 1.82) is 0 Å². The molecule has 0 aliphatic rings. The van der Waals surface area contributed by atoms with Crippen LogP contribution in [0.15, 0.2) is 36.4 Å². The van der Waals surface area contributed by atoms with E-state index in [0.717, 1.165) is 16.5 Å². The molecule has 0 spiro atoms. The van der Waals surface area contributed by atoms with Gasteiger partial charge in [-0.3, -0.25) is 0 Å². The van der Waals surface area contributed by atoms with Gasteiger partial charge in [-0.05, 0) is 34.9 Å². The number of fused-ring (bicyclic) bond motifs is 1. The zero-order valence-corrected chi connectivity index (χ0v) is 8.57. The molecule has 0 bridgehead atoms. The Morgan fingerprint density at radius 2 is 1.80 bits per heavy atom. The van der Waals surface area contributed by atoms with Crippen LogP contribution in [0.5, 0.6) is 0 Å². The van der Waals surface area contributed by atoms with Crippen LogP contribution in [0.4, 0.5) is 0 Å². The van der Waals surface area contributed by atoms with Crippen LogP contribution in [0.25, 0.3) is 10.8 Å².